The lowest BCUT2D eigenvalue weighted by molar-refractivity contribution is 0.383. The van der Waals surface area contributed by atoms with E-state index in [2.05, 4.69) is 21.3 Å². The van der Waals surface area contributed by atoms with Crippen molar-refractivity contribution in [3.8, 4) is 0 Å². The molecule has 1 fully saturated rings. The number of anilines is 1. The minimum absolute atomic E-state index is 0.570. The van der Waals surface area contributed by atoms with Gasteiger partial charge in [-0.25, -0.2) is 4.98 Å². The van der Waals surface area contributed by atoms with Crippen LogP contribution < -0.4 is 10.2 Å². The van der Waals surface area contributed by atoms with Crippen LogP contribution >= 0.6 is 0 Å². The molecule has 0 unspecified atom stereocenters. The standard InChI is InChI=1S/C16H21N3O/c1-13-5-6-15(20-13)12-18-14-7-10-19(11-8-14)16-4-2-3-9-17-16/h2-6,9,14,18H,7-8,10-12H2,1H3. The maximum absolute atomic E-state index is 5.58. The van der Waals surface area contributed by atoms with E-state index in [0.717, 1.165) is 49.8 Å². The van der Waals surface area contributed by atoms with Crippen LogP contribution in [0.1, 0.15) is 24.4 Å². The molecule has 0 saturated carbocycles. The average Bonchev–Trinajstić information content (AvgIpc) is 2.92. The van der Waals surface area contributed by atoms with E-state index in [1.165, 1.54) is 0 Å². The molecule has 2 aromatic rings. The number of aryl methyl sites for hydroxylation is 1. The summed E-state index contributed by atoms with van der Waals surface area (Å²) in [5.41, 5.74) is 0. The first-order valence-corrected chi connectivity index (χ1v) is 7.26. The summed E-state index contributed by atoms with van der Waals surface area (Å²) in [6.07, 6.45) is 4.16. The van der Waals surface area contributed by atoms with Crippen molar-refractivity contribution in [3.63, 3.8) is 0 Å². The van der Waals surface area contributed by atoms with E-state index in [-0.39, 0.29) is 0 Å². The van der Waals surface area contributed by atoms with E-state index in [0.29, 0.717) is 6.04 Å². The van der Waals surface area contributed by atoms with Gasteiger partial charge in [-0.15, -0.1) is 0 Å². The maximum atomic E-state index is 5.58. The Kier molecular flexibility index (Phi) is 4.02. The fourth-order valence-corrected chi connectivity index (χ4v) is 2.68. The van der Waals surface area contributed by atoms with Gasteiger partial charge in [-0.1, -0.05) is 6.07 Å². The number of nitrogens with one attached hydrogen (secondary N) is 1. The van der Waals surface area contributed by atoms with Gasteiger partial charge in [0.05, 0.1) is 6.54 Å². The van der Waals surface area contributed by atoms with Crippen LogP contribution in [0.25, 0.3) is 0 Å². The van der Waals surface area contributed by atoms with Crippen LogP contribution in [0.2, 0.25) is 0 Å². The van der Waals surface area contributed by atoms with Crippen LogP contribution in [0.15, 0.2) is 40.9 Å². The number of piperidine rings is 1. The number of aromatic nitrogens is 1. The van der Waals surface area contributed by atoms with Gasteiger partial charge >= 0.3 is 0 Å². The third kappa shape index (κ3) is 3.20. The number of nitrogens with zero attached hydrogens (tertiary/aromatic N) is 2. The van der Waals surface area contributed by atoms with E-state index in [4.69, 9.17) is 4.42 Å². The van der Waals surface area contributed by atoms with E-state index >= 15 is 0 Å². The summed E-state index contributed by atoms with van der Waals surface area (Å²) in [4.78, 5) is 6.77. The molecular weight excluding hydrogens is 250 g/mol. The smallest absolute Gasteiger partial charge is 0.128 e. The van der Waals surface area contributed by atoms with Crippen LogP contribution in [-0.2, 0) is 6.54 Å². The van der Waals surface area contributed by atoms with Gasteiger partial charge in [-0.2, -0.15) is 0 Å². The zero-order valence-corrected chi connectivity index (χ0v) is 11.9. The molecule has 1 aliphatic heterocycles. The Morgan fingerprint density at radius 2 is 2.10 bits per heavy atom. The van der Waals surface area contributed by atoms with Gasteiger partial charge in [-0.05, 0) is 44.0 Å². The fourth-order valence-electron chi connectivity index (χ4n) is 2.68. The van der Waals surface area contributed by atoms with Crippen molar-refractivity contribution in [2.24, 2.45) is 0 Å². The van der Waals surface area contributed by atoms with E-state index in [1.54, 1.807) is 0 Å². The zero-order chi connectivity index (χ0) is 13.8. The number of hydrogen-bond donors (Lipinski definition) is 1. The largest absolute Gasteiger partial charge is 0.465 e. The molecule has 20 heavy (non-hydrogen) atoms. The zero-order valence-electron chi connectivity index (χ0n) is 11.9. The second-order valence-electron chi connectivity index (χ2n) is 5.34. The van der Waals surface area contributed by atoms with E-state index < -0.39 is 0 Å². The Balaban J connectivity index is 1.47. The molecule has 4 nitrogen and oxygen atoms in total. The lowest BCUT2D eigenvalue weighted by atomic mass is 10.0. The summed E-state index contributed by atoms with van der Waals surface area (Å²) in [5.74, 6) is 3.09. The Labute approximate surface area is 119 Å². The Morgan fingerprint density at radius 3 is 2.75 bits per heavy atom. The van der Waals surface area contributed by atoms with Gasteiger partial charge in [0.1, 0.15) is 17.3 Å². The van der Waals surface area contributed by atoms with Crippen LogP contribution in [-0.4, -0.2) is 24.1 Å². The van der Waals surface area contributed by atoms with Crippen molar-refractivity contribution in [2.45, 2.75) is 32.4 Å². The van der Waals surface area contributed by atoms with Crippen molar-refractivity contribution in [3.05, 3.63) is 48.0 Å². The van der Waals surface area contributed by atoms with Crippen molar-refractivity contribution in [2.75, 3.05) is 18.0 Å². The van der Waals surface area contributed by atoms with Crippen LogP contribution in [0.5, 0.6) is 0 Å². The van der Waals surface area contributed by atoms with Crippen LogP contribution in [0, 0.1) is 6.92 Å². The highest BCUT2D eigenvalue weighted by Gasteiger charge is 2.19. The normalized spacial score (nSPS) is 16.6. The fraction of sp³-hybridized carbons (Fsp3) is 0.438. The first-order chi connectivity index (χ1) is 9.81. The van der Waals surface area contributed by atoms with Gasteiger partial charge < -0.3 is 14.6 Å². The predicted molar refractivity (Wildman–Crippen MR) is 79.8 cm³/mol. The molecular formula is C16H21N3O. The lowest BCUT2D eigenvalue weighted by Crippen LogP contribution is -2.42. The third-order valence-electron chi connectivity index (χ3n) is 3.83. The van der Waals surface area contributed by atoms with Gasteiger partial charge in [0.2, 0.25) is 0 Å². The van der Waals surface area contributed by atoms with Gasteiger partial charge in [-0.3, -0.25) is 0 Å². The molecule has 0 atom stereocenters. The third-order valence-corrected chi connectivity index (χ3v) is 3.83. The highest BCUT2D eigenvalue weighted by atomic mass is 16.3. The topological polar surface area (TPSA) is 41.3 Å². The summed E-state index contributed by atoms with van der Waals surface area (Å²) in [6, 6.07) is 10.7. The predicted octanol–water partition coefficient (Wildman–Crippen LogP) is 2.74. The highest BCUT2D eigenvalue weighted by Crippen LogP contribution is 2.17. The number of rotatable bonds is 4. The molecule has 0 spiro atoms. The molecule has 4 heteroatoms. The first kappa shape index (κ1) is 13.2. The Bertz CT molecular complexity index is 530. The molecule has 0 amide bonds. The van der Waals surface area contributed by atoms with Gasteiger partial charge in [0.25, 0.3) is 0 Å². The number of furan rings is 1. The van der Waals surface area contributed by atoms with E-state index in [9.17, 15) is 0 Å². The molecule has 0 bridgehead atoms. The molecule has 2 aromatic heterocycles. The summed E-state index contributed by atoms with van der Waals surface area (Å²) >= 11 is 0. The van der Waals surface area contributed by atoms with Crippen molar-refractivity contribution in [1.82, 2.24) is 10.3 Å². The Hall–Kier alpha value is -1.81. The lowest BCUT2D eigenvalue weighted by Gasteiger charge is -2.33. The Morgan fingerprint density at radius 1 is 1.25 bits per heavy atom. The first-order valence-electron chi connectivity index (χ1n) is 7.26. The molecule has 1 N–H and O–H groups in total. The molecule has 0 aromatic carbocycles. The minimum atomic E-state index is 0.570. The molecule has 3 heterocycles. The van der Waals surface area contributed by atoms with Gasteiger partial charge in [0.15, 0.2) is 0 Å². The number of pyridine rings is 1. The maximum Gasteiger partial charge on any atom is 0.128 e. The molecule has 1 saturated heterocycles. The van der Waals surface area contributed by atoms with Crippen molar-refractivity contribution >= 4 is 5.82 Å². The van der Waals surface area contributed by atoms with Crippen molar-refractivity contribution in [1.29, 1.82) is 0 Å². The summed E-state index contributed by atoms with van der Waals surface area (Å²) in [7, 11) is 0. The second-order valence-corrected chi connectivity index (χ2v) is 5.34. The van der Waals surface area contributed by atoms with Crippen LogP contribution in [0.3, 0.4) is 0 Å². The van der Waals surface area contributed by atoms with Crippen molar-refractivity contribution < 1.29 is 4.42 Å². The van der Waals surface area contributed by atoms with Gasteiger partial charge in [0, 0.05) is 25.3 Å². The van der Waals surface area contributed by atoms with Crippen LogP contribution in [0.4, 0.5) is 5.82 Å². The molecule has 106 valence electrons. The van der Waals surface area contributed by atoms with E-state index in [1.807, 2.05) is 37.4 Å². The highest BCUT2D eigenvalue weighted by molar-refractivity contribution is 5.38. The number of hydrogen-bond acceptors (Lipinski definition) is 4. The summed E-state index contributed by atoms with van der Waals surface area (Å²) < 4.78 is 5.58. The molecule has 0 radical (unpaired) electrons. The molecule has 1 aliphatic rings. The average molecular weight is 271 g/mol. The minimum Gasteiger partial charge on any atom is -0.465 e. The SMILES string of the molecule is Cc1ccc(CNC2CCN(c3ccccn3)CC2)o1. The second kappa shape index (κ2) is 6.09. The monoisotopic (exact) mass is 271 g/mol. The summed E-state index contributed by atoms with van der Waals surface area (Å²) in [6.45, 7) is 4.93. The molecule has 3 rings (SSSR count). The summed E-state index contributed by atoms with van der Waals surface area (Å²) in [5, 5.41) is 3.58. The molecule has 0 aliphatic carbocycles. The quantitative estimate of drug-likeness (QED) is 0.928.